The average Bonchev–Trinajstić information content (AvgIpc) is 2.64. The number of carbonyl (C=O) groups excluding carboxylic acids is 2. The van der Waals surface area contributed by atoms with Gasteiger partial charge in [-0.2, -0.15) is 0 Å². The Kier molecular flexibility index (Phi) is 5.26. The van der Waals surface area contributed by atoms with Crippen LogP contribution in [-0.2, 0) is 9.59 Å². The molecule has 3 rings (SSSR count). The molecule has 5 heteroatoms. The standard InChI is InChI=1S/C21H24N2O3/c1-4-18-21(25)23(17-10-5-6-11-19(17)26-18)13-12-20(24)22-16-9-7-8-14(2)15(16)3/h5-11,18H,4,12-13H2,1-3H3,(H,22,24). The highest BCUT2D eigenvalue weighted by molar-refractivity contribution is 6.01. The van der Waals surface area contributed by atoms with E-state index in [0.717, 1.165) is 22.5 Å². The van der Waals surface area contributed by atoms with Gasteiger partial charge in [0.15, 0.2) is 6.10 Å². The minimum atomic E-state index is -0.494. The average molecular weight is 352 g/mol. The molecule has 1 unspecified atom stereocenters. The van der Waals surface area contributed by atoms with Crippen molar-refractivity contribution in [2.24, 2.45) is 0 Å². The van der Waals surface area contributed by atoms with Crippen LogP contribution >= 0.6 is 0 Å². The number of benzene rings is 2. The number of carbonyl (C=O) groups is 2. The molecule has 0 fully saturated rings. The Morgan fingerprint density at radius 3 is 2.69 bits per heavy atom. The number of nitrogens with zero attached hydrogens (tertiary/aromatic N) is 1. The highest BCUT2D eigenvalue weighted by Crippen LogP contribution is 2.34. The van der Waals surface area contributed by atoms with Crippen molar-refractivity contribution in [1.82, 2.24) is 0 Å². The van der Waals surface area contributed by atoms with Gasteiger partial charge in [0.05, 0.1) is 5.69 Å². The Morgan fingerprint density at radius 2 is 1.92 bits per heavy atom. The number of para-hydroxylation sites is 2. The molecule has 0 saturated heterocycles. The number of fused-ring (bicyclic) bond motifs is 1. The van der Waals surface area contributed by atoms with Gasteiger partial charge in [-0.25, -0.2) is 0 Å². The van der Waals surface area contributed by atoms with Gasteiger partial charge in [0, 0.05) is 18.7 Å². The molecule has 0 bridgehead atoms. The van der Waals surface area contributed by atoms with Crippen molar-refractivity contribution in [2.75, 3.05) is 16.8 Å². The van der Waals surface area contributed by atoms with Gasteiger partial charge in [-0.1, -0.05) is 31.2 Å². The summed E-state index contributed by atoms with van der Waals surface area (Å²) in [5.74, 6) is 0.489. The minimum Gasteiger partial charge on any atom is -0.478 e. The van der Waals surface area contributed by atoms with Gasteiger partial charge in [0.2, 0.25) is 5.91 Å². The zero-order valence-electron chi connectivity index (χ0n) is 15.4. The fourth-order valence-electron chi connectivity index (χ4n) is 3.08. The first-order chi connectivity index (χ1) is 12.5. The second kappa shape index (κ2) is 7.60. The van der Waals surface area contributed by atoms with Gasteiger partial charge in [-0.3, -0.25) is 9.59 Å². The van der Waals surface area contributed by atoms with E-state index in [-0.39, 0.29) is 18.2 Å². The van der Waals surface area contributed by atoms with E-state index in [0.29, 0.717) is 18.7 Å². The van der Waals surface area contributed by atoms with Crippen molar-refractivity contribution in [1.29, 1.82) is 0 Å². The van der Waals surface area contributed by atoms with E-state index >= 15 is 0 Å². The molecule has 1 aliphatic rings. The van der Waals surface area contributed by atoms with Gasteiger partial charge in [-0.05, 0) is 49.6 Å². The van der Waals surface area contributed by atoms with Crippen molar-refractivity contribution in [3.8, 4) is 5.75 Å². The maximum Gasteiger partial charge on any atom is 0.268 e. The van der Waals surface area contributed by atoms with Gasteiger partial charge in [-0.15, -0.1) is 0 Å². The van der Waals surface area contributed by atoms with Gasteiger partial charge >= 0.3 is 0 Å². The number of hydrogen-bond donors (Lipinski definition) is 1. The van der Waals surface area contributed by atoms with Gasteiger partial charge in [0.25, 0.3) is 5.91 Å². The molecule has 2 aromatic carbocycles. The van der Waals surface area contributed by atoms with Crippen LogP contribution < -0.4 is 15.0 Å². The van der Waals surface area contributed by atoms with Crippen LogP contribution in [0.25, 0.3) is 0 Å². The Balaban J connectivity index is 1.71. The van der Waals surface area contributed by atoms with Crippen LogP contribution in [0.1, 0.15) is 30.9 Å². The molecule has 2 aromatic rings. The summed E-state index contributed by atoms with van der Waals surface area (Å²) in [5.41, 5.74) is 3.72. The zero-order chi connectivity index (χ0) is 18.7. The fraction of sp³-hybridized carbons (Fsp3) is 0.333. The van der Waals surface area contributed by atoms with Crippen molar-refractivity contribution in [3.63, 3.8) is 0 Å². The number of amides is 2. The van der Waals surface area contributed by atoms with E-state index in [1.165, 1.54) is 0 Å². The molecule has 1 N–H and O–H groups in total. The van der Waals surface area contributed by atoms with Crippen LogP contribution in [0.4, 0.5) is 11.4 Å². The first-order valence-electron chi connectivity index (χ1n) is 8.94. The molecule has 26 heavy (non-hydrogen) atoms. The third-order valence-electron chi connectivity index (χ3n) is 4.78. The first-order valence-corrected chi connectivity index (χ1v) is 8.94. The van der Waals surface area contributed by atoms with E-state index < -0.39 is 6.10 Å². The van der Waals surface area contributed by atoms with Crippen LogP contribution in [-0.4, -0.2) is 24.5 Å². The van der Waals surface area contributed by atoms with Crippen LogP contribution in [0.2, 0.25) is 0 Å². The fourth-order valence-corrected chi connectivity index (χ4v) is 3.08. The van der Waals surface area contributed by atoms with Crippen LogP contribution in [0.15, 0.2) is 42.5 Å². The molecule has 136 valence electrons. The zero-order valence-corrected chi connectivity index (χ0v) is 15.4. The number of hydrogen-bond acceptors (Lipinski definition) is 3. The summed E-state index contributed by atoms with van der Waals surface area (Å²) in [4.78, 5) is 26.7. The van der Waals surface area contributed by atoms with Crippen molar-refractivity contribution in [2.45, 2.75) is 39.7 Å². The summed E-state index contributed by atoms with van der Waals surface area (Å²) in [5, 5.41) is 2.95. The molecule has 2 amide bonds. The van der Waals surface area contributed by atoms with Crippen LogP contribution in [0.5, 0.6) is 5.75 Å². The number of nitrogens with one attached hydrogen (secondary N) is 1. The van der Waals surface area contributed by atoms with Gasteiger partial charge < -0.3 is 15.0 Å². The predicted molar refractivity (Wildman–Crippen MR) is 103 cm³/mol. The third kappa shape index (κ3) is 3.57. The monoisotopic (exact) mass is 352 g/mol. The van der Waals surface area contributed by atoms with E-state index in [1.54, 1.807) is 4.90 Å². The summed E-state index contributed by atoms with van der Waals surface area (Å²) >= 11 is 0. The molecule has 1 atom stereocenters. The number of rotatable bonds is 5. The summed E-state index contributed by atoms with van der Waals surface area (Å²) in [6.07, 6.45) is 0.328. The molecular formula is C21H24N2O3. The summed E-state index contributed by atoms with van der Waals surface area (Å²) in [6, 6.07) is 13.3. The Bertz CT molecular complexity index is 832. The number of anilines is 2. The minimum absolute atomic E-state index is 0.0919. The van der Waals surface area contributed by atoms with Crippen LogP contribution in [0, 0.1) is 13.8 Å². The van der Waals surface area contributed by atoms with E-state index in [9.17, 15) is 9.59 Å². The quantitative estimate of drug-likeness (QED) is 0.889. The first kappa shape index (κ1) is 18.0. The summed E-state index contributed by atoms with van der Waals surface area (Å²) in [6.45, 7) is 6.24. The molecule has 0 aliphatic carbocycles. The highest BCUT2D eigenvalue weighted by atomic mass is 16.5. The smallest absolute Gasteiger partial charge is 0.268 e. The third-order valence-corrected chi connectivity index (χ3v) is 4.78. The summed E-state index contributed by atoms with van der Waals surface area (Å²) < 4.78 is 5.76. The molecule has 0 spiro atoms. The second-order valence-corrected chi connectivity index (χ2v) is 6.52. The van der Waals surface area contributed by atoms with Gasteiger partial charge in [0.1, 0.15) is 5.75 Å². The number of ether oxygens (including phenoxy) is 1. The topological polar surface area (TPSA) is 58.6 Å². The van der Waals surface area contributed by atoms with Crippen LogP contribution in [0.3, 0.4) is 0 Å². The van der Waals surface area contributed by atoms with E-state index in [4.69, 9.17) is 4.74 Å². The van der Waals surface area contributed by atoms with E-state index in [2.05, 4.69) is 5.32 Å². The highest BCUT2D eigenvalue weighted by Gasteiger charge is 2.33. The SMILES string of the molecule is CCC1Oc2ccccc2N(CCC(=O)Nc2cccc(C)c2C)C1=O. The lowest BCUT2D eigenvalue weighted by molar-refractivity contribution is -0.126. The van der Waals surface area contributed by atoms with Crippen molar-refractivity contribution >= 4 is 23.2 Å². The molecule has 0 saturated carbocycles. The molecule has 0 radical (unpaired) electrons. The maximum atomic E-state index is 12.7. The molecule has 0 aromatic heterocycles. The Hall–Kier alpha value is -2.82. The van der Waals surface area contributed by atoms with E-state index in [1.807, 2.05) is 63.2 Å². The molecule has 1 aliphatic heterocycles. The molecule has 1 heterocycles. The summed E-state index contributed by atoms with van der Waals surface area (Å²) in [7, 11) is 0. The number of aryl methyl sites for hydroxylation is 1. The lowest BCUT2D eigenvalue weighted by Gasteiger charge is -2.34. The lowest BCUT2D eigenvalue weighted by atomic mass is 10.1. The Morgan fingerprint density at radius 1 is 1.15 bits per heavy atom. The van der Waals surface area contributed by atoms with Crippen molar-refractivity contribution in [3.05, 3.63) is 53.6 Å². The molecule has 5 nitrogen and oxygen atoms in total. The Labute approximate surface area is 154 Å². The maximum absolute atomic E-state index is 12.7. The predicted octanol–water partition coefficient (Wildman–Crippen LogP) is 3.84. The van der Waals surface area contributed by atoms with Crippen molar-refractivity contribution < 1.29 is 14.3 Å². The molecular weight excluding hydrogens is 328 g/mol. The normalized spacial score (nSPS) is 16.0. The largest absolute Gasteiger partial charge is 0.478 e. The second-order valence-electron chi connectivity index (χ2n) is 6.52. The lowest BCUT2D eigenvalue weighted by Crippen LogP contribution is -2.46.